The summed E-state index contributed by atoms with van der Waals surface area (Å²) < 4.78 is 2.44. The summed E-state index contributed by atoms with van der Waals surface area (Å²) in [6, 6.07) is 69.9. The van der Waals surface area contributed by atoms with Crippen LogP contribution in [-0.4, -0.2) is 4.57 Å². The molecule has 48 heavy (non-hydrogen) atoms. The molecular formula is C46H32N2. The van der Waals surface area contributed by atoms with Gasteiger partial charge < -0.3 is 9.47 Å². The average molecular weight is 613 g/mol. The van der Waals surface area contributed by atoms with Crippen LogP contribution in [0.4, 0.5) is 17.1 Å². The molecule has 0 N–H and O–H groups in total. The lowest BCUT2D eigenvalue weighted by Gasteiger charge is -2.30. The zero-order valence-electron chi connectivity index (χ0n) is 26.4. The molecule has 9 rings (SSSR count). The topological polar surface area (TPSA) is 8.17 Å². The Labute approximate surface area is 280 Å². The standard InChI is InChI=1S/C46H32N2/c1-3-13-33(14-4-1)35-23-28-38(29-24-35)47(39-30-25-36(26-31-39)34-15-5-2-6-16-34)46-40-18-8-7-17-37(40)27-32-45(46)48-43-21-11-9-19-41(43)42-20-10-12-22-44(42)48/h1-32H. The maximum Gasteiger partial charge on any atom is 0.0781 e. The minimum atomic E-state index is 1.10. The van der Waals surface area contributed by atoms with Crippen molar-refractivity contribution in [1.82, 2.24) is 4.57 Å². The number of nitrogens with zero attached hydrogens (tertiary/aromatic N) is 2. The highest BCUT2D eigenvalue weighted by molar-refractivity contribution is 6.11. The number of fused-ring (bicyclic) bond motifs is 4. The van der Waals surface area contributed by atoms with Gasteiger partial charge in [0.15, 0.2) is 0 Å². The highest BCUT2D eigenvalue weighted by Gasteiger charge is 2.23. The third kappa shape index (κ3) is 4.74. The molecule has 2 heteroatoms. The van der Waals surface area contributed by atoms with E-state index in [0.29, 0.717) is 0 Å². The monoisotopic (exact) mass is 612 g/mol. The Kier molecular flexibility index (Phi) is 6.84. The first kappa shape index (κ1) is 27.9. The van der Waals surface area contributed by atoms with Gasteiger partial charge in [-0.25, -0.2) is 0 Å². The van der Waals surface area contributed by atoms with Crippen LogP contribution in [0.15, 0.2) is 194 Å². The molecule has 0 saturated heterocycles. The van der Waals surface area contributed by atoms with Crippen LogP contribution in [0.25, 0.3) is 60.5 Å². The molecular weight excluding hydrogens is 581 g/mol. The summed E-state index contributed by atoms with van der Waals surface area (Å²) in [6.07, 6.45) is 0. The Morgan fingerprint density at radius 3 is 1.25 bits per heavy atom. The van der Waals surface area contributed by atoms with Gasteiger partial charge >= 0.3 is 0 Å². The molecule has 8 aromatic carbocycles. The molecule has 0 aliphatic heterocycles. The lowest BCUT2D eigenvalue weighted by molar-refractivity contribution is 1.16. The second-order valence-electron chi connectivity index (χ2n) is 12.2. The molecule has 0 radical (unpaired) electrons. The Balaban J connectivity index is 1.33. The van der Waals surface area contributed by atoms with Gasteiger partial charge in [0.2, 0.25) is 0 Å². The second-order valence-corrected chi connectivity index (χ2v) is 12.2. The van der Waals surface area contributed by atoms with Crippen molar-refractivity contribution in [1.29, 1.82) is 0 Å². The van der Waals surface area contributed by atoms with E-state index in [1.54, 1.807) is 0 Å². The molecule has 0 saturated carbocycles. The van der Waals surface area contributed by atoms with E-state index in [4.69, 9.17) is 0 Å². The van der Waals surface area contributed by atoms with E-state index in [1.165, 1.54) is 54.8 Å². The Morgan fingerprint density at radius 1 is 0.312 bits per heavy atom. The van der Waals surface area contributed by atoms with Crippen molar-refractivity contribution >= 4 is 49.6 Å². The van der Waals surface area contributed by atoms with E-state index in [1.807, 2.05) is 0 Å². The van der Waals surface area contributed by atoms with Crippen molar-refractivity contribution in [2.75, 3.05) is 4.90 Å². The molecule has 0 aliphatic carbocycles. The molecule has 1 heterocycles. The quantitative estimate of drug-likeness (QED) is 0.181. The van der Waals surface area contributed by atoms with Gasteiger partial charge in [-0.15, -0.1) is 0 Å². The fraction of sp³-hybridized carbons (Fsp3) is 0. The molecule has 0 unspecified atom stereocenters. The van der Waals surface area contributed by atoms with E-state index in [0.717, 1.165) is 22.7 Å². The van der Waals surface area contributed by atoms with E-state index in [-0.39, 0.29) is 0 Å². The van der Waals surface area contributed by atoms with Crippen LogP contribution in [0.1, 0.15) is 0 Å². The third-order valence-corrected chi connectivity index (χ3v) is 9.39. The van der Waals surface area contributed by atoms with E-state index >= 15 is 0 Å². The normalized spacial score (nSPS) is 11.3. The number of aromatic nitrogens is 1. The van der Waals surface area contributed by atoms with Gasteiger partial charge in [-0.2, -0.15) is 0 Å². The highest BCUT2D eigenvalue weighted by atomic mass is 15.2. The minimum absolute atomic E-state index is 1.10. The Bertz CT molecular complexity index is 2390. The number of hydrogen-bond donors (Lipinski definition) is 0. The van der Waals surface area contributed by atoms with Crippen LogP contribution in [-0.2, 0) is 0 Å². The molecule has 0 atom stereocenters. The molecule has 0 amide bonds. The maximum absolute atomic E-state index is 2.44. The van der Waals surface area contributed by atoms with Crippen molar-refractivity contribution in [3.63, 3.8) is 0 Å². The van der Waals surface area contributed by atoms with Gasteiger partial charge in [0.1, 0.15) is 0 Å². The van der Waals surface area contributed by atoms with Gasteiger partial charge in [-0.3, -0.25) is 0 Å². The van der Waals surface area contributed by atoms with Crippen molar-refractivity contribution in [3.05, 3.63) is 194 Å². The first-order valence-corrected chi connectivity index (χ1v) is 16.4. The molecule has 9 aromatic rings. The van der Waals surface area contributed by atoms with E-state index in [9.17, 15) is 0 Å². The fourth-order valence-corrected chi connectivity index (χ4v) is 7.12. The molecule has 2 nitrogen and oxygen atoms in total. The van der Waals surface area contributed by atoms with Crippen LogP contribution in [0.5, 0.6) is 0 Å². The summed E-state index contributed by atoms with van der Waals surface area (Å²) in [5.41, 5.74) is 11.6. The van der Waals surface area contributed by atoms with Crippen LogP contribution >= 0.6 is 0 Å². The van der Waals surface area contributed by atoms with Gasteiger partial charge in [0.25, 0.3) is 0 Å². The van der Waals surface area contributed by atoms with Gasteiger partial charge in [-0.05, 0) is 70.1 Å². The number of hydrogen-bond acceptors (Lipinski definition) is 1. The Hall–Kier alpha value is -6.38. The van der Waals surface area contributed by atoms with Crippen molar-refractivity contribution < 1.29 is 0 Å². The highest BCUT2D eigenvalue weighted by Crippen LogP contribution is 2.45. The number of para-hydroxylation sites is 2. The maximum atomic E-state index is 2.44. The average Bonchev–Trinajstić information content (AvgIpc) is 3.50. The summed E-state index contributed by atoms with van der Waals surface area (Å²) in [4.78, 5) is 2.44. The predicted octanol–water partition coefficient (Wildman–Crippen LogP) is 12.7. The Morgan fingerprint density at radius 2 is 0.729 bits per heavy atom. The third-order valence-electron chi connectivity index (χ3n) is 9.39. The number of anilines is 3. The van der Waals surface area contributed by atoms with Crippen LogP contribution < -0.4 is 4.90 Å². The molecule has 0 fully saturated rings. The largest absolute Gasteiger partial charge is 0.308 e. The van der Waals surface area contributed by atoms with E-state index in [2.05, 4.69) is 204 Å². The van der Waals surface area contributed by atoms with Crippen LogP contribution in [0.2, 0.25) is 0 Å². The lowest BCUT2D eigenvalue weighted by atomic mass is 10.0. The summed E-state index contributed by atoms with van der Waals surface area (Å²) >= 11 is 0. The summed E-state index contributed by atoms with van der Waals surface area (Å²) in [7, 11) is 0. The zero-order valence-corrected chi connectivity index (χ0v) is 26.4. The van der Waals surface area contributed by atoms with Gasteiger partial charge in [0.05, 0.1) is 22.4 Å². The predicted molar refractivity (Wildman–Crippen MR) is 204 cm³/mol. The zero-order chi connectivity index (χ0) is 31.9. The summed E-state index contributed by atoms with van der Waals surface area (Å²) in [6.45, 7) is 0. The van der Waals surface area contributed by atoms with Crippen LogP contribution in [0, 0.1) is 0 Å². The van der Waals surface area contributed by atoms with E-state index < -0.39 is 0 Å². The smallest absolute Gasteiger partial charge is 0.0781 e. The SMILES string of the molecule is c1ccc(-c2ccc(N(c3ccc(-c4ccccc4)cc3)c3c(-n4c5ccccc5c5ccccc54)ccc4ccccc34)cc2)cc1. The molecule has 0 spiro atoms. The van der Waals surface area contributed by atoms with Crippen molar-refractivity contribution in [2.45, 2.75) is 0 Å². The summed E-state index contributed by atoms with van der Waals surface area (Å²) in [5, 5.41) is 4.89. The molecule has 226 valence electrons. The fourth-order valence-electron chi connectivity index (χ4n) is 7.12. The van der Waals surface area contributed by atoms with Crippen molar-refractivity contribution in [3.8, 4) is 27.9 Å². The second kappa shape index (κ2) is 11.8. The van der Waals surface area contributed by atoms with Gasteiger partial charge in [0, 0.05) is 27.5 Å². The number of rotatable bonds is 6. The van der Waals surface area contributed by atoms with Crippen molar-refractivity contribution in [2.24, 2.45) is 0 Å². The molecule has 0 aliphatic rings. The van der Waals surface area contributed by atoms with Crippen LogP contribution in [0.3, 0.4) is 0 Å². The lowest BCUT2D eigenvalue weighted by Crippen LogP contribution is -2.14. The molecule has 0 bridgehead atoms. The van der Waals surface area contributed by atoms with Gasteiger partial charge in [-0.1, -0.05) is 152 Å². The number of benzene rings is 8. The minimum Gasteiger partial charge on any atom is -0.308 e. The first-order chi connectivity index (χ1) is 23.8. The first-order valence-electron chi connectivity index (χ1n) is 16.4. The molecule has 1 aromatic heterocycles. The summed E-state index contributed by atoms with van der Waals surface area (Å²) in [5.74, 6) is 0.